The number of fused-ring (bicyclic) bond motifs is 2. The Kier molecular flexibility index (Phi) is 5.13. The molecule has 4 aromatic rings. The molecule has 0 fully saturated rings. The molecule has 5 rings (SSSR count). The zero-order chi connectivity index (χ0) is 19.6. The molecule has 0 bridgehead atoms. The fourth-order valence-corrected chi connectivity index (χ4v) is 5.80. The van der Waals surface area contributed by atoms with Gasteiger partial charge in [-0.15, -0.1) is 23.1 Å². The first-order chi connectivity index (χ1) is 14.3. The van der Waals surface area contributed by atoms with Gasteiger partial charge < -0.3 is 4.90 Å². The van der Waals surface area contributed by atoms with Gasteiger partial charge in [0.25, 0.3) is 0 Å². The summed E-state index contributed by atoms with van der Waals surface area (Å²) in [6.07, 6.45) is 0.947. The molecule has 144 valence electrons. The molecule has 1 aliphatic heterocycles. The van der Waals surface area contributed by atoms with E-state index in [1.165, 1.54) is 26.8 Å². The molecule has 0 N–H and O–H groups in total. The van der Waals surface area contributed by atoms with E-state index in [-0.39, 0.29) is 11.9 Å². The molecule has 1 atom stereocenters. The number of hydrogen-bond donors (Lipinski definition) is 0. The fourth-order valence-electron chi connectivity index (χ4n) is 4.07. The van der Waals surface area contributed by atoms with Crippen LogP contribution in [0.2, 0.25) is 0 Å². The van der Waals surface area contributed by atoms with Crippen LogP contribution >= 0.6 is 23.1 Å². The zero-order valence-electron chi connectivity index (χ0n) is 16.0. The van der Waals surface area contributed by atoms with Crippen LogP contribution in [0.25, 0.3) is 10.8 Å². The summed E-state index contributed by atoms with van der Waals surface area (Å²) in [6.45, 7) is 0.782. The molecule has 0 saturated carbocycles. The van der Waals surface area contributed by atoms with Crippen molar-refractivity contribution in [1.82, 2.24) is 4.90 Å². The molecule has 1 amide bonds. The van der Waals surface area contributed by atoms with Gasteiger partial charge in [0.2, 0.25) is 5.91 Å². The predicted octanol–water partition coefficient (Wildman–Crippen LogP) is 6.17. The summed E-state index contributed by atoms with van der Waals surface area (Å²) in [4.78, 5) is 17.9. The van der Waals surface area contributed by atoms with Gasteiger partial charge in [-0.3, -0.25) is 4.79 Å². The van der Waals surface area contributed by atoms with E-state index in [1.54, 1.807) is 23.1 Å². The van der Waals surface area contributed by atoms with E-state index in [2.05, 4.69) is 83.1 Å². The highest BCUT2D eigenvalue weighted by molar-refractivity contribution is 8.00. The molecule has 0 spiro atoms. The van der Waals surface area contributed by atoms with Crippen molar-refractivity contribution in [2.24, 2.45) is 0 Å². The van der Waals surface area contributed by atoms with Gasteiger partial charge in [-0.25, -0.2) is 0 Å². The number of rotatable bonds is 4. The Morgan fingerprint density at radius 3 is 2.62 bits per heavy atom. The third-order valence-corrected chi connectivity index (χ3v) is 7.46. The lowest BCUT2D eigenvalue weighted by Gasteiger charge is -2.36. The van der Waals surface area contributed by atoms with E-state index in [0.29, 0.717) is 5.75 Å². The molecule has 29 heavy (non-hydrogen) atoms. The van der Waals surface area contributed by atoms with Gasteiger partial charge in [0.05, 0.1) is 11.8 Å². The average molecular weight is 416 g/mol. The van der Waals surface area contributed by atoms with E-state index >= 15 is 0 Å². The van der Waals surface area contributed by atoms with Crippen LogP contribution in [0.5, 0.6) is 0 Å². The summed E-state index contributed by atoms with van der Waals surface area (Å²) < 4.78 is 0. The van der Waals surface area contributed by atoms with Crippen molar-refractivity contribution in [2.45, 2.75) is 17.4 Å². The van der Waals surface area contributed by atoms with Crippen LogP contribution in [0.1, 0.15) is 22.0 Å². The van der Waals surface area contributed by atoms with Crippen molar-refractivity contribution in [2.75, 3.05) is 12.3 Å². The predicted molar refractivity (Wildman–Crippen MR) is 123 cm³/mol. The van der Waals surface area contributed by atoms with E-state index in [1.807, 2.05) is 6.07 Å². The van der Waals surface area contributed by atoms with Crippen molar-refractivity contribution >= 4 is 39.8 Å². The molecule has 1 aromatic heterocycles. The van der Waals surface area contributed by atoms with Crippen LogP contribution in [-0.4, -0.2) is 23.1 Å². The third kappa shape index (κ3) is 3.70. The summed E-state index contributed by atoms with van der Waals surface area (Å²) in [5.41, 5.74) is 2.48. The largest absolute Gasteiger partial charge is 0.330 e. The summed E-state index contributed by atoms with van der Waals surface area (Å²) in [6, 6.07) is 27.4. The molecule has 0 radical (unpaired) electrons. The molecule has 3 aromatic carbocycles. The van der Waals surface area contributed by atoms with Crippen LogP contribution in [-0.2, 0) is 11.2 Å². The Bertz CT molecular complexity index is 1150. The maximum Gasteiger partial charge on any atom is 0.233 e. The minimum absolute atomic E-state index is 0.0240. The van der Waals surface area contributed by atoms with E-state index < -0.39 is 0 Å². The highest BCUT2D eigenvalue weighted by Gasteiger charge is 2.32. The first-order valence-electron chi connectivity index (χ1n) is 9.82. The molecule has 4 heteroatoms. The van der Waals surface area contributed by atoms with Crippen molar-refractivity contribution in [3.63, 3.8) is 0 Å². The quantitative estimate of drug-likeness (QED) is 0.372. The highest BCUT2D eigenvalue weighted by atomic mass is 32.2. The van der Waals surface area contributed by atoms with Crippen molar-refractivity contribution in [3.05, 3.63) is 100 Å². The van der Waals surface area contributed by atoms with Gasteiger partial charge in [-0.1, -0.05) is 60.7 Å². The zero-order valence-corrected chi connectivity index (χ0v) is 17.6. The van der Waals surface area contributed by atoms with E-state index in [9.17, 15) is 4.79 Å². The van der Waals surface area contributed by atoms with Gasteiger partial charge in [0.1, 0.15) is 0 Å². The van der Waals surface area contributed by atoms with Crippen LogP contribution in [0.15, 0.2) is 89.1 Å². The van der Waals surface area contributed by atoms with Crippen molar-refractivity contribution < 1.29 is 4.79 Å². The number of nitrogens with zero attached hydrogens (tertiary/aromatic N) is 1. The van der Waals surface area contributed by atoms with Gasteiger partial charge in [0.15, 0.2) is 0 Å². The van der Waals surface area contributed by atoms with Gasteiger partial charge in [0, 0.05) is 16.3 Å². The Morgan fingerprint density at radius 2 is 1.76 bits per heavy atom. The molecule has 1 unspecified atom stereocenters. The minimum Gasteiger partial charge on any atom is -0.330 e. The molecule has 0 aliphatic carbocycles. The summed E-state index contributed by atoms with van der Waals surface area (Å²) in [7, 11) is 0. The van der Waals surface area contributed by atoms with Crippen LogP contribution < -0.4 is 0 Å². The number of hydrogen-bond acceptors (Lipinski definition) is 3. The fraction of sp³-hybridized carbons (Fsp3) is 0.160. The normalized spacial score (nSPS) is 16.0. The standard InChI is InChI=1S/C25H21NOS2/c27-24(17-29-21-11-10-18-6-4-5-9-20(18)16-21)26-14-12-23-22(13-15-28-23)25(26)19-7-2-1-3-8-19/h1-11,13,15-16,25H,12,14,17H2. The Labute approximate surface area is 179 Å². The third-order valence-electron chi connectivity index (χ3n) is 5.48. The molecular formula is C25H21NOS2. The van der Waals surface area contributed by atoms with Gasteiger partial charge in [-0.05, 0) is 51.9 Å². The lowest BCUT2D eigenvalue weighted by molar-refractivity contribution is -0.130. The van der Waals surface area contributed by atoms with Gasteiger partial charge in [-0.2, -0.15) is 0 Å². The molecule has 0 saturated heterocycles. The Morgan fingerprint density at radius 1 is 0.966 bits per heavy atom. The second kappa shape index (κ2) is 8.05. The second-order valence-corrected chi connectivity index (χ2v) is 9.30. The second-order valence-electron chi connectivity index (χ2n) is 7.25. The van der Waals surface area contributed by atoms with Crippen LogP contribution in [0.4, 0.5) is 0 Å². The summed E-state index contributed by atoms with van der Waals surface area (Å²) in [5.74, 6) is 0.662. The number of thiophene rings is 1. The number of amides is 1. The maximum atomic E-state index is 13.3. The maximum absolute atomic E-state index is 13.3. The van der Waals surface area contributed by atoms with E-state index in [0.717, 1.165) is 17.9 Å². The number of carbonyl (C=O) groups excluding carboxylic acids is 1. The lowest BCUT2D eigenvalue weighted by Crippen LogP contribution is -2.41. The number of benzene rings is 3. The molecular weight excluding hydrogens is 394 g/mol. The first-order valence-corrected chi connectivity index (χ1v) is 11.7. The molecule has 1 aliphatic rings. The topological polar surface area (TPSA) is 20.3 Å². The van der Waals surface area contributed by atoms with E-state index in [4.69, 9.17) is 0 Å². The Balaban J connectivity index is 1.37. The van der Waals surface area contributed by atoms with Crippen LogP contribution in [0.3, 0.4) is 0 Å². The highest BCUT2D eigenvalue weighted by Crippen LogP contribution is 2.38. The SMILES string of the molecule is O=C(CSc1ccc2ccccc2c1)N1CCc2sccc2C1c1ccccc1. The first kappa shape index (κ1) is 18.5. The summed E-state index contributed by atoms with van der Waals surface area (Å²) >= 11 is 3.43. The number of thioether (sulfide) groups is 1. The molecule has 2 heterocycles. The average Bonchev–Trinajstić information content (AvgIpc) is 3.26. The Hall–Kier alpha value is -2.56. The summed E-state index contributed by atoms with van der Waals surface area (Å²) in [5, 5.41) is 4.60. The minimum atomic E-state index is 0.0240. The molecule has 2 nitrogen and oxygen atoms in total. The van der Waals surface area contributed by atoms with Crippen molar-refractivity contribution in [3.8, 4) is 0 Å². The van der Waals surface area contributed by atoms with Crippen LogP contribution in [0, 0.1) is 0 Å². The smallest absolute Gasteiger partial charge is 0.233 e. The van der Waals surface area contributed by atoms with Gasteiger partial charge >= 0.3 is 0 Å². The lowest BCUT2D eigenvalue weighted by atomic mass is 9.93. The van der Waals surface area contributed by atoms with Crippen molar-refractivity contribution in [1.29, 1.82) is 0 Å². The number of carbonyl (C=O) groups is 1. The monoisotopic (exact) mass is 415 g/mol.